The zero-order valence-electron chi connectivity index (χ0n) is 7.27. The van der Waals surface area contributed by atoms with Crippen LogP contribution in [0.4, 0.5) is 0 Å². The van der Waals surface area contributed by atoms with Crippen LogP contribution in [0.15, 0.2) is 11.8 Å². The van der Waals surface area contributed by atoms with Crippen LogP contribution in [0.1, 0.15) is 6.92 Å². The lowest BCUT2D eigenvalue weighted by atomic mass is 10.1. The van der Waals surface area contributed by atoms with Gasteiger partial charge in [-0.3, -0.25) is 4.18 Å². The number of rotatable bonds is 2. The van der Waals surface area contributed by atoms with Gasteiger partial charge in [0.25, 0.3) is 10.1 Å². The average Bonchev–Trinajstić information content (AvgIpc) is 2.14. The first-order chi connectivity index (χ1) is 5.81. The Hall–Kier alpha value is -0.0700. The van der Waals surface area contributed by atoms with Crippen LogP contribution in [0.2, 0.25) is 0 Å². The van der Waals surface area contributed by atoms with Gasteiger partial charge in [-0.05, 0) is 6.08 Å². The van der Waals surface area contributed by atoms with Crippen molar-refractivity contribution in [2.24, 2.45) is 5.92 Å². The van der Waals surface area contributed by atoms with Crippen molar-refractivity contribution >= 4 is 26.0 Å². The van der Waals surface area contributed by atoms with Crippen molar-refractivity contribution in [1.82, 2.24) is 0 Å². The van der Waals surface area contributed by atoms with E-state index >= 15 is 0 Å². The number of halogens is 1. The van der Waals surface area contributed by atoms with Crippen LogP contribution in [-0.2, 0) is 14.3 Å². The molecule has 0 radical (unpaired) electrons. The summed E-state index contributed by atoms with van der Waals surface area (Å²) in [5.74, 6) is -0.130. The first kappa shape index (κ1) is 11.0. The molecule has 0 aromatic rings. The van der Waals surface area contributed by atoms with Crippen LogP contribution < -0.4 is 0 Å². The molecule has 1 aliphatic carbocycles. The van der Waals surface area contributed by atoms with Crippen molar-refractivity contribution in [3.63, 3.8) is 0 Å². The van der Waals surface area contributed by atoms with Crippen LogP contribution in [0.5, 0.6) is 0 Å². The van der Waals surface area contributed by atoms with Crippen LogP contribution in [0.3, 0.4) is 0 Å². The predicted molar refractivity (Wildman–Crippen MR) is 52.3 cm³/mol. The van der Waals surface area contributed by atoms with Gasteiger partial charge in [0.1, 0.15) is 6.10 Å². The van der Waals surface area contributed by atoms with E-state index in [0.29, 0.717) is 0 Å². The van der Waals surface area contributed by atoms with Gasteiger partial charge in [0.15, 0.2) is 0 Å². The third kappa shape index (κ3) is 2.69. The van der Waals surface area contributed by atoms with E-state index in [4.69, 9.17) is 4.18 Å². The van der Waals surface area contributed by atoms with Crippen molar-refractivity contribution in [1.29, 1.82) is 0 Å². The Balaban J connectivity index is 2.75. The molecule has 0 heterocycles. The molecule has 0 saturated heterocycles. The summed E-state index contributed by atoms with van der Waals surface area (Å²) in [4.78, 5) is -0.253. The molecule has 0 spiro atoms. The highest BCUT2D eigenvalue weighted by Gasteiger charge is 2.36. The number of aliphatic hydroxyl groups is 1. The van der Waals surface area contributed by atoms with Gasteiger partial charge in [0.2, 0.25) is 0 Å². The van der Waals surface area contributed by atoms with Gasteiger partial charge in [-0.15, -0.1) is 0 Å². The first-order valence-electron chi connectivity index (χ1n) is 3.74. The van der Waals surface area contributed by atoms with Crippen LogP contribution in [0, 0.1) is 5.92 Å². The molecule has 1 rings (SSSR count). The maximum Gasteiger partial charge on any atom is 0.264 e. The summed E-state index contributed by atoms with van der Waals surface area (Å²) >= 11 is 3.21. The predicted octanol–water partition coefficient (Wildman–Crippen LogP) is 1.19. The van der Waals surface area contributed by atoms with Gasteiger partial charge < -0.3 is 5.11 Å². The lowest BCUT2D eigenvalue weighted by molar-refractivity contribution is 0.168. The van der Waals surface area contributed by atoms with Gasteiger partial charge in [0.05, 0.1) is 16.8 Å². The molecular weight excluding hydrogens is 260 g/mol. The topological polar surface area (TPSA) is 63.6 Å². The Labute approximate surface area is 85.8 Å². The molecule has 0 fully saturated rings. The molecular formula is C7H11BrO4S. The molecule has 3 atom stereocenters. The zero-order valence-corrected chi connectivity index (χ0v) is 9.67. The quantitative estimate of drug-likeness (QED) is 0.605. The van der Waals surface area contributed by atoms with Crippen molar-refractivity contribution < 1.29 is 17.7 Å². The Morgan fingerprint density at radius 1 is 1.62 bits per heavy atom. The molecule has 0 bridgehead atoms. The Morgan fingerprint density at radius 2 is 2.15 bits per heavy atom. The van der Waals surface area contributed by atoms with E-state index in [2.05, 4.69) is 15.9 Å². The van der Waals surface area contributed by atoms with E-state index in [-0.39, 0.29) is 16.5 Å². The minimum absolute atomic E-state index is 0.163. The van der Waals surface area contributed by atoms with E-state index in [1.165, 1.54) is 0 Å². The summed E-state index contributed by atoms with van der Waals surface area (Å²) in [5, 5.41) is 9.29. The third-order valence-electron chi connectivity index (χ3n) is 1.89. The smallest absolute Gasteiger partial charge is 0.264 e. The molecule has 0 aliphatic heterocycles. The molecule has 0 unspecified atom stereocenters. The van der Waals surface area contributed by atoms with E-state index < -0.39 is 16.2 Å². The number of alkyl halides is 1. The fraction of sp³-hybridized carbons (Fsp3) is 0.714. The minimum atomic E-state index is -3.47. The van der Waals surface area contributed by atoms with Crippen molar-refractivity contribution in [3.8, 4) is 0 Å². The SMILES string of the molecule is C[C@@H]1C(O)=C[C@H](Br)[C@H]1OS(C)(=O)=O. The van der Waals surface area contributed by atoms with Crippen molar-refractivity contribution in [2.45, 2.75) is 17.9 Å². The zero-order chi connectivity index (χ0) is 10.2. The normalized spacial score (nSPS) is 34.7. The van der Waals surface area contributed by atoms with Crippen LogP contribution in [-0.4, -0.2) is 30.7 Å². The Kier molecular flexibility index (Phi) is 3.04. The van der Waals surface area contributed by atoms with Gasteiger partial charge >= 0.3 is 0 Å². The summed E-state index contributed by atoms with van der Waals surface area (Å²) in [5.41, 5.74) is 0. The highest BCUT2D eigenvalue weighted by molar-refractivity contribution is 9.09. The molecule has 1 N–H and O–H groups in total. The third-order valence-corrected chi connectivity index (χ3v) is 3.25. The summed E-state index contributed by atoms with van der Waals surface area (Å²) in [6, 6.07) is 0. The number of hydrogen-bond donors (Lipinski definition) is 1. The molecule has 0 aromatic carbocycles. The van der Waals surface area contributed by atoms with E-state index in [0.717, 1.165) is 6.26 Å². The molecule has 4 nitrogen and oxygen atoms in total. The monoisotopic (exact) mass is 270 g/mol. The second kappa shape index (κ2) is 3.59. The standard InChI is InChI=1S/C7H11BrO4S/c1-4-6(9)3-5(8)7(4)12-13(2,10)11/h3-5,7,9H,1-2H3/t4-,5+,7+/m1/s1. The molecule has 13 heavy (non-hydrogen) atoms. The number of aliphatic hydroxyl groups excluding tert-OH is 1. The largest absolute Gasteiger partial charge is 0.512 e. The van der Waals surface area contributed by atoms with Gasteiger partial charge in [-0.25, -0.2) is 0 Å². The Morgan fingerprint density at radius 3 is 2.46 bits per heavy atom. The van der Waals surface area contributed by atoms with E-state index in [1.807, 2.05) is 0 Å². The fourth-order valence-electron chi connectivity index (χ4n) is 1.19. The molecule has 6 heteroatoms. The van der Waals surface area contributed by atoms with Crippen LogP contribution >= 0.6 is 15.9 Å². The average molecular weight is 271 g/mol. The van der Waals surface area contributed by atoms with Crippen molar-refractivity contribution in [2.75, 3.05) is 6.26 Å². The van der Waals surface area contributed by atoms with E-state index in [9.17, 15) is 13.5 Å². The maximum atomic E-state index is 10.8. The summed E-state index contributed by atoms with van der Waals surface area (Å²) in [6.45, 7) is 1.71. The molecule has 0 saturated carbocycles. The molecule has 76 valence electrons. The summed E-state index contributed by atoms with van der Waals surface area (Å²) in [7, 11) is -3.47. The van der Waals surface area contributed by atoms with Gasteiger partial charge in [0, 0.05) is 5.92 Å². The number of hydrogen-bond acceptors (Lipinski definition) is 4. The van der Waals surface area contributed by atoms with Gasteiger partial charge in [-0.2, -0.15) is 8.42 Å². The highest BCUT2D eigenvalue weighted by Crippen LogP contribution is 2.32. The highest BCUT2D eigenvalue weighted by atomic mass is 79.9. The van der Waals surface area contributed by atoms with Crippen molar-refractivity contribution in [3.05, 3.63) is 11.8 Å². The Bertz CT molecular complexity index is 321. The summed E-state index contributed by atoms with van der Waals surface area (Å²) < 4.78 is 26.5. The minimum Gasteiger partial charge on any atom is -0.512 e. The lowest BCUT2D eigenvalue weighted by Gasteiger charge is -2.18. The fourth-order valence-corrected chi connectivity index (χ4v) is 2.86. The molecule has 0 amide bonds. The molecule has 0 aromatic heterocycles. The first-order valence-corrected chi connectivity index (χ1v) is 6.47. The second-order valence-electron chi connectivity index (χ2n) is 3.09. The van der Waals surface area contributed by atoms with Crippen LogP contribution in [0.25, 0.3) is 0 Å². The second-order valence-corrected chi connectivity index (χ2v) is 5.75. The van der Waals surface area contributed by atoms with E-state index in [1.54, 1.807) is 13.0 Å². The lowest BCUT2D eigenvalue weighted by Crippen LogP contribution is -2.28. The summed E-state index contributed by atoms with van der Waals surface area (Å²) in [6.07, 6.45) is 1.99. The van der Waals surface area contributed by atoms with Gasteiger partial charge in [-0.1, -0.05) is 22.9 Å². The molecule has 1 aliphatic rings. The maximum absolute atomic E-state index is 10.8.